The summed E-state index contributed by atoms with van der Waals surface area (Å²) in [5.41, 5.74) is 10.9. The number of nitrogens with two attached hydrogens (primary N) is 2. The summed E-state index contributed by atoms with van der Waals surface area (Å²) >= 11 is 0. The third-order valence-electron chi connectivity index (χ3n) is 1.46. The van der Waals surface area contributed by atoms with Crippen LogP contribution in [0.15, 0.2) is 16.5 Å². The molecule has 1 aromatic heterocycles. The fraction of sp³-hybridized carbons (Fsp3) is 0.429. The number of hydrogen-bond donors (Lipinski definition) is 3. The van der Waals surface area contributed by atoms with Crippen molar-refractivity contribution < 1.29 is 9.52 Å². The van der Waals surface area contributed by atoms with Crippen molar-refractivity contribution in [1.29, 1.82) is 0 Å². The summed E-state index contributed by atoms with van der Waals surface area (Å²) in [6.45, 7) is 0.246. The Morgan fingerprint density at radius 3 is 2.73 bits per heavy atom. The number of aliphatic hydroxyl groups excluding tert-OH is 1. The lowest BCUT2D eigenvalue weighted by Gasteiger charge is -2.02. The van der Waals surface area contributed by atoms with Crippen molar-refractivity contribution in [3.63, 3.8) is 0 Å². The average molecular weight is 156 g/mol. The van der Waals surface area contributed by atoms with Crippen molar-refractivity contribution in [3.8, 4) is 0 Å². The van der Waals surface area contributed by atoms with E-state index < -0.39 is 0 Å². The Labute approximate surface area is 64.8 Å². The van der Waals surface area contributed by atoms with Gasteiger partial charge in [0.15, 0.2) is 0 Å². The van der Waals surface area contributed by atoms with Gasteiger partial charge in [0.1, 0.15) is 18.1 Å². The highest BCUT2D eigenvalue weighted by Crippen LogP contribution is 2.13. The van der Waals surface area contributed by atoms with E-state index in [9.17, 15) is 0 Å². The van der Waals surface area contributed by atoms with Crippen LogP contribution in [0.2, 0.25) is 0 Å². The molecule has 1 heterocycles. The molecule has 0 saturated carbocycles. The Morgan fingerprint density at radius 1 is 1.55 bits per heavy atom. The Hall–Kier alpha value is -0.840. The first-order valence-corrected chi connectivity index (χ1v) is 3.43. The normalized spacial score (nSPS) is 13.4. The SMILES string of the molecule is NC[C@H](N)c1ccc(CO)o1. The molecule has 0 saturated heterocycles. The van der Waals surface area contributed by atoms with Crippen molar-refractivity contribution >= 4 is 0 Å². The minimum absolute atomic E-state index is 0.0999. The average Bonchev–Trinajstić information content (AvgIpc) is 2.50. The molecule has 1 aromatic rings. The van der Waals surface area contributed by atoms with E-state index >= 15 is 0 Å². The summed E-state index contributed by atoms with van der Waals surface area (Å²) in [6, 6.07) is 3.14. The van der Waals surface area contributed by atoms with Gasteiger partial charge in [0, 0.05) is 6.54 Å². The van der Waals surface area contributed by atoms with E-state index in [0.29, 0.717) is 18.1 Å². The lowest BCUT2D eigenvalue weighted by Crippen LogP contribution is -2.19. The van der Waals surface area contributed by atoms with Crippen LogP contribution in [0.3, 0.4) is 0 Å². The second kappa shape index (κ2) is 3.52. The summed E-state index contributed by atoms with van der Waals surface area (Å²) in [5, 5.41) is 8.64. The van der Waals surface area contributed by atoms with Crippen molar-refractivity contribution in [2.75, 3.05) is 6.54 Å². The molecule has 4 heteroatoms. The van der Waals surface area contributed by atoms with Crippen molar-refractivity contribution in [2.24, 2.45) is 11.5 Å². The summed E-state index contributed by atoms with van der Waals surface area (Å²) in [5.74, 6) is 1.14. The summed E-state index contributed by atoms with van der Waals surface area (Å²) < 4.78 is 5.13. The smallest absolute Gasteiger partial charge is 0.129 e. The molecule has 0 aliphatic carbocycles. The molecule has 0 amide bonds. The van der Waals surface area contributed by atoms with Crippen LogP contribution in [0.25, 0.3) is 0 Å². The monoisotopic (exact) mass is 156 g/mol. The van der Waals surface area contributed by atoms with Crippen LogP contribution in [0.5, 0.6) is 0 Å². The quantitative estimate of drug-likeness (QED) is 0.562. The fourth-order valence-electron chi connectivity index (χ4n) is 0.795. The van der Waals surface area contributed by atoms with Crippen LogP contribution in [0.1, 0.15) is 17.6 Å². The van der Waals surface area contributed by atoms with Crippen molar-refractivity contribution in [3.05, 3.63) is 23.7 Å². The van der Waals surface area contributed by atoms with Gasteiger partial charge in [-0.05, 0) is 12.1 Å². The largest absolute Gasteiger partial charge is 0.462 e. The van der Waals surface area contributed by atoms with Crippen LogP contribution in [0.4, 0.5) is 0 Å². The third kappa shape index (κ3) is 1.80. The molecule has 4 nitrogen and oxygen atoms in total. The molecule has 1 rings (SSSR count). The molecule has 0 bridgehead atoms. The second-order valence-corrected chi connectivity index (χ2v) is 2.30. The molecule has 0 fully saturated rings. The highest BCUT2D eigenvalue weighted by Gasteiger charge is 2.07. The predicted octanol–water partition coefficient (Wildman–Crippen LogP) is -0.270. The number of rotatable bonds is 3. The molecule has 11 heavy (non-hydrogen) atoms. The Morgan fingerprint density at radius 2 is 2.27 bits per heavy atom. The van der Waals surface area contributed by atoms with Gasteiger partial charge >= 0.3 is 0 Å². The molecule has 0 aliphatic rings. The molecule has 0 spiro atoms. The van der Waals surface area contributed by atoms with Gasteiger partial charge in [-0.2, -0.15) is 0 Å². The highest BCUT2D eigenvalue weighted by molar-refractivity contribution is 5.09. The maximum atomic E-state index is 8.64. The molecule has 0 radical (unpaired) electrons. The van der Waals surface area contributed by atoms with E-state index in [2.05, 4.69) is 0 Å². The van der Waals surface area contributed by atoms with Gasteiger partial charge < -0.3 is 21.0 Å². The number of furan rings is 1. The molecule has 5 N–H and O–H groups in total. The topological polar surface area (TPSA) is 85.4 Å². The molecular weight excluding hydrogens is 144 g/mol. The van der Waals surface area contributed by atoms with Gasteiger partial charge in [-0.1, -0.05) is 0 Å². The first kappa shape index (κ1) is 8.26. The first-order valence-electron chi connectivity index (χ1n) is 3.43. The van der Waals surface area contributed by atoms with Crippen LogP contribution >= 0.6 is 0 Å². The molecule has 1 atom stereocenters. The Bertz CT molecular complexity index is 222. The van der Waals surface area contributed by atoms with E-state index in [-0.39, 0.29) is 12.6 Å². The van der Waals surface area contributed by atoms with E-state index in [0.717, 1.165) is 0 Å². The lowest BCUT2D eigenvalue weighted by molar-refractivity contribution is 0.241. The summed E-state index contributed by atoms with van der Waals surface area (Å²) in [7, 11) is 0. The van der Waals surface area contributed by atoms with E-state index in [1.807, 2.05) is 0 Å². The van der Waals surface area contributed by atoms with Gasteiger partial charge in [0.05, 0.1) is 6.04 Å². The minimum Gasteiger partial charge on any atom is -0.462 e. The van der Waals surface area contributed by atoms with Gasteiger partial charge in [0.2, 0.25) is 0 Å². The lowest BCUT2D eigenvalue weighted by atomic mass is 10.2. The summed E-state index contributed by atoms with van der Waals surface area (Å²) in [4.78, 5) is 0. The van der Waals surface area contributed by atoms with Crippen LogP contribution < -0.4 is 11.5 Å². The van der Waals surface area contributed by atoms with E-state index in [4.69, 9.17) is 21.0 Å². The first-order chi connectivity index (χ1) is 5.27. The predicted molar refractivity (Wildman–Crippen MR) is 40.6 cm³/mol. The van der Waals surface area contributed by atoms with Crippen LogP contribution in [0, 0.1) is 0 Å². The van der Waals surface area contributed by atoms with Gasteiger partial charge in [0.25, 0.3) is 0 Å². The third-order valence-corrected chi connectivity index (χ3v) is 1.46. The Balaban J connectivity index is 2.71. The fourth-order valence-corrected chi connectivity index (χ4v) is 0.795. The van der Waals surface area contributed by atoms with Gasteiger partial charge in [-0.25, -0.2) is 0 Å². The van der Waals surface area contributed by atoms with Crippen molar-refractivity contribution in [2.45, 2.75) is 12.6 Å². The van der Waals surface area contributed by atoms with E-state index in [1.54, 1.807) is 12.1 Å². The number of aliphatic hydroxyl groups is 1. The standard InChI is InChI=1S/C7H12N2O2/c8-3-6(9)7-2-1-5(4-10)11-7/h1-2,6,10H,3-4,8-9H2/t6-/m0/s1. The van der Waals surface area contributed by atoms with Gasteiger partial charge in [-0.3, -0.25) is 0 Å². The minimum atomic E-state index is -0.268. The summed E-state index contributed by atoms with van der Waals surface area (Å²) in [6.07, 6.45) is 0. The highest BCUT2D eigenvalue weighted by atomic mass is 16.4. The molecule has 62 valence electrons. The van der Waals surface area contributed by atoms with E-state index in [1.165, 1.54) is 0 Å². The Kier molecular flexibility index (Phi) is 2.64. The molecule has 0 unspecified atom stereocenters. The number of hydrogen-bond acceptors (Lipinski definition) is 4. The van der Waals surface area contributed by atoms with Gasteiger partial charge in [-0.15, -0.1) is 0 Å². The van der Waals surface area contributed by atoms with Crippen LogP contribution in [-0.2, 0) is 6.61 Å². The maximum Gasteiger partial charge on any atom is 0.129 e. The zero-order valence-electron chi connectivity index (χ0n) is 6.16. The molecule has 0 aliphatic heterocycles. The zero-order chi connectivity index (χ0) is 8.27. The molecular formula is C7H12N2O2. The molecule has 0 aromatic carbocycles. The van der Waals surface area contributed by atoms with Crippen molar-refractivity contribution in [1.82, 2.24) is 0 Å². The van der Waals surface area contributed by atoms with Crippen LogP contribution in [-0.4, -0.2) is 11.7 Å². The maximum absolute atomic E-state index is 8.64. The second-order valence-electron chi connectivity index (χ2n) is 2.30. The zero-order valence-corrected chi connectivity index (χ0v) is 6.16.